The van der Waals surface area contributed by atoms with Crippen molar-refractivity contribution in [3.05, 3.63) is 41.2 Å². The maximum Gasteiger partial charge on any atom is 4.00 e. The molecule has 0 aromatic heterocycles. The Morgan fingerprint density at radius 2 is 1.11 bits per heavy atom. The number of anilines is 1. The predicted octanol–water partition coefficient (Wildman–Crippen LogP) is -6.01. The van der Waals surface area contributed by atoms with Crippen molar-refractivity contribution in [2.45, 2.75) is 103 Å². The van der Waals surface area contributed by atoms with E-state index in [1.165, 1.54) is 50.5 Å². The quantitative estimate of drug-likeness (QED) is 0.228. The second-order valence-corrected chi connectivity index (χ2v) is 9.25. The fraction of sp³-hybridized carbons (Fsp3) is 0.615. The molecule has 0 saturated heterocycles. The summed E-state index contributed by atoms with van der Waals surface area (Å²) in [6.45, 7) is 6.19. The third-order valence-corrected chi connectivity index (χ3v) is 6.87. The first-order chi connectivity index (χ1) is 14.5. The topological polar surface area (TPSA) is 40.6 Å². The van der Waals surface area contributed by atoms with E-state index < -0.39 is 5.66 Å². The van der Waals surface area contributed by atoms with E-state index in [1.807, 2.05) is 17.3 Å². The van der Waals surface area contributed by atoms with E-state index in [1.54, 1.807) is 0 Å². The second kappa shape index (κ2) is 18.9. The van der Waals surface area contributed by atoms with Crippen LogP contribution in [0, 0.1) is 20.8 Å². The van der Waals surface area contributed by atoms with E-state index in [0.29, 0.717) is 0 Å². The Hall–Kier alpha value is -0.291. The summed E-state index contributed by atoms with van der Waals surface area (Å²) in [5.41, 5.74) is 3.05. The number of aryl methyl sites for hydroxylation is 3. The van der Waals surface area contributed by atoms with Crippen LogP contribution in [0.5, 0.6) is 0 Å². The van der Waals surface area contributed by atoms with Gasteiger partial charge in [-0.05, 0) is 44.7 Å². The Labute approximate surface area is 250 Å². The number of nitrogens with zero attached hydrogens (tertiary/aromatic N) is 2. The summed E-state index contributed by atoms with van der Waals surface area (Å²) < 4.78 is 0. The number of aldehydes is 2. The Kier molecular flexibility index (Phi) is 21.2. The van der Waals surface area contributed by atoms with Crippen molar-refractivity contribution >= 4 is 18.3 Å². The third-order valence-electron chi connectivity index (χ3n) is 6.87. The van der Waals surface area contributed by atoms with Crippen LogP contribution in [0.1, 0.15) is 87.3 Å². The Bertz CT molecular complexity index is 752. The summed E-state index contributed by atoms with van der Waals surface area (Å²) >= 11 is 0. The van der Waals surface area contributed by atoms with Crippen molar-refractivity contribution in [3.63, 3.8) is 0 Å². The van der Waals surface area contributed by atoms with Crippen LogP contribution in [0.2, 0.25) is 0 Å². The van der Waals surface area contributed by atoms with Crippen LogP contribution in [-0.4, -0.2) is 29.2 Å². The molecule has 35 heavy (non-hydrogen) atoms. The summed E-state index contributed by atoms with van der Waals surface area (Å²) in [4.78, 5) is 29.0. The van der Waals surface area contributed by atoms with E-state index in [0.717, 1.165) is 55.1 Å². The zero-order valence-electron chi connectivity index (χ0n) is 20.9. The van der Waals surface area contributed by atoms with Crippen molar-refractivity contribution in [3.8, 4) is 0 Å². The van der Waals surface area contributed by atoms with Gasteiger partial charge in [-0.3, -0.25) is 9.59 Å². The maximum absolute atomic E-state index is 12.5. The number of benzene rings is 1. The largest absolute Gasteiger partial charge is 4.00 e. The molecule has 1 saturated carbocycles. The number of carbonyl (C=O) groups excluding carboxylic acids is 2. The molecule has 1 aliphatic heterocycles. The van der Waals surface area contributed by atoms with Crippen LogP contribution in [0.15, 0.2) is 24.5 Å². The molecule has 1 aromatic rings. The molecule has 201 valence electrons. The molecular weight excluding hydrogens is 706 g/mol. The van der Waals surface area contributed by atoms with Crippen LogP contribution < -0.4 is 54.5 Å². The first-order valence-corrected chi connectivity index (χ1v) is 11.8. The zero-order valence-corrected chi connectivity index (χ0v) is 26.3. The van der Waals surface area contributed by atoms with Crippen LogP contribution in [0.4, 0.5) is 5.69 Å². The number of carbonyl (C=O) groups is 2. The standard InChI is InChI=1S/C26H38N2O2.4ClH.Ir/c1-21-17-22(2)25(23(3)18-21)28-16-15-27(26(28,19-29)20-30)24-13-11-9-7-5-4-6-8-10-12-14-24;;;;;/h15-20,24H,4-14H2,1-3H3;4*1H;/q;;;;;+4/p-4. The van der Waals surface area contributed by atoms with E-state index >= 15 is 0 Å². The molecule has 0 atom stereocenters. The van der Waals surface area contributed by atoms with Gasteiger partial charge in [-0.2, -0.15) is 0 Å². The predicted molar refractivity (Wildman–Crippen MR) is 124 cm³/mol. The number of hydrogen-bond donors (Lipinski definition) is 0. The monoisotopic (exact) mass is 743 g/mol. The Morgan fingerprint density at radius 1 is 0.714 bits per heavy atom. The summed E-state index contributed by atoms with van der Waals surface area (Å²) in [5, 5.41) is 0. The minimum absolute atomic E-state index is 0. The molecule has 1 aromatic carbocycles. The van der Waals surface area contributed by atoms with Crippen molar-refractivity contribution in [2.75, 3.05) is 4.90 Å². The van der Waals surface area contributed by atoms with Gasteiger partial charge in [-0.1, -0.05) is 75.5 Å². The molecular formula is C26H38Cl4IrN2O2. The fourth-order valence-electron chi connectivity index (χ4n) is 5.40. The number of halogens is 4. The Balaban J connectivity index is -0.00000205. The molecule has 0 unspecified atom stereocenters. The van der Waals surface area contributed by atoms with Gasteiger partial charge in [0, 0.05) is 24.1 Å². The molecule has 2 aliphatic rings. The van der Waals surface area contributed by atoms with Gasteiger partial charge < -0.3 is 59.4 Å². The van der Waals surface area contributed by atoms with E-state index in [9.17, 15) is 9.59 Å². The fourth-order valence-corrected chi connectivity index (χ4v) is 5.40. The molecule has 0 bridgehead atoms. The SMILES string of the molecule is Cc1cc(C)c(N2C=CN(C3CCCCCCCCCCC3)C2(C=O)C=O)c(C)c1.[Cl-].[Cl-].[Cl-].[Cl-].[Ir+4]. The summed E-state index contributed by atoms with van der Waals surface area (Å²) in [6.07, 6.45) is 19.1. The minimum atomic E-state index is -1.29. The third kappa shape index (κ3) is 9.20. The number of rotatable bonds is 4. The van der Waals surface area contributed by atoms with Crippen molar-refractivity contribution < 1.29 is 79.3 Å². The summed E-state index contributed by atoms with van der Waals surface area (Å²) in [5.74, 6) is 0. The van der Waals surface area contributed by atoms with Gasteiger partial charge in [0.1, 0.15) is 0 Å². The molecule has 4 nitrogen and oxygen atoms in total. The van der Waals surface area contributed by atoms with Crippen LogP contribution in [0.25, 0.3) is 0 Å². The average Bonchev–Trinajstić information content (AvgIpc) is 3.07. The number of hydrogen-bond acceptors (Lipinski definition) is 4. The first kappa shape index (κ1) is 39.2. The molecule has 1 heterocycles. The first-order valence-electron chi connectivity index (χ1n) is 11.8. The normalized spacial score (nSPS) is 18.1. The van der Waals surface area contributed by atoms with E-state index in [2.05, 4.69) is 37.8 Å². The molecule has 1 radical (unpaired) electrons. The van der Waals surface area contributed by atoms with Gasteiger partial charge in [0.2, 0.25) is 5.66 Å². The van der Waals surface area contributed by atoms with Gasteiger partial charge in [-0.15, -0.1) is 0 Å². The average molecular weight is 745 g/mol. The van der Waals surface area contributed by atoms with Gasteiger partial charge in [0.15, 0.2) is 12.6 Å². The van der Waals surface area contributed by atoms with Gasteiger partial charge in [-0.25, -0.2) is 0 Å². The molecule has 0 N–H and O–H groups in total. The van der Waals surface area contributed by atoms with Gasteiger partial charge >= 0.3 is 20.1 Å². The Morgan fingerprint density at radius 3 is 1.51 bits per heavy atom. The maximum atomic E-state index is 12.5. The van der Waals surface area contributed by atoms with Crippen LogP contribution in [0.3, 0.4) is 0 Å². The van der Waals surface area contributed by atoms with Crippen molar-refractivity contribution in [1.29, 1.82) is 0 Å². The minimum Gasteiger partial charge on any atom is -1.00 e. The zero-order chi connectivity index (χ0) is 21.6. The van der Waals surface area contributed by atoms with Crippen LogP contribution in [-0.2, 0) is 29.7 Å². The molecule has 9 heteroatoms. The van der Waals surface area contributed by atoms with Crippen molar-refractivity contribution in [2.24, 2.45) is 0 Å². The van der Waals surface area contributed by atoms with Crippen molar-refractivity contribution in [1.82, 2.24) is 4.90 Å². The van der Waals surface area contributed by atoms with E-state index in [4.69, 9.17) is 0 Å². The summed E-state index contributed by atoms with van der Waals surface area (Å²) in [6, 6.07) is 4.46. The van der Waals surface area contributed by atoms with E-state index in [-0.39, 0.29) is 75.8 Å². The van der Waals surface area contributed by atoms with Gasteiger partial charge in [0.05, 0.1) is 0 Å². The van der Waals surface area contributed by atoms with Crippen LogP contribution >= 0.6 is 0 Å². The molecule has 3 rings (SSSR count). The molecule has 1 aliphatic carbocycles. The summed E-state index contributed by atoms with van der Waals surface area (Å²) in [7, 11) is 0. The smallest absolute Gasteiger partial charge is 1.00 e. The molecule has 1 fully saturated rings. The second-order valence-electron chi connectivity index (χ2n) is 9.25. The van der Waals surface area contributed by atoms with Gasteiger partial charge in [0.25, 0.3) is 0 Å². The molecule has 0 amide bonds. The molecule has 0 spiro atoms.